The molecular weight excluding hydrogens is 583 g/mol. The van der Waals surface area contributed by atoms with Crippen LogP contribution in [0.4, 0.5) is 4.79 Å². The van der Waals surface area contributed by atoms with Crippen molar-refractivity contribution in [3.63, 3.8) is 0 Å². The van der Waals surface area contributed by atoms with Crippen LogP contribution in [0.2, 0.25) is 0 Å². The van der Waals surface area contributed by atoms with Gasteiger partial charge in [-0.15, -0.1) is 0 Å². The van der Waals surface area contributed by atoms with Crippen LogP contribution in [-0.4, -0.2) is 109 Å². The van der Waals surface area contributed by atoms with E-state index in [0.29, 0.717) is 18.2 Å². The van der Waals surface area contributed by atoms with E-state index in [9.17, 15) is 24.6 Å². The summed E-state index contributed by atoms with van der Waals surface area (Å²) < 4.78 is 28.1. The number of benzene rings is 1. The molecule has 1 amide bonds. The third-order valence-electron chi connectivity index (χ3n) is 7.48. The molecule has 13 heteroatoms. The minimum atomic E-state index is -1.25. The molecule has 252 valence electrons. The molecule has 1 aliphatic rings. The van der Waals surface area contributed by atoms with Crippen molar-refractivity contribution < 1.29 is 48.3 Å². The van der Waals surface area contributed by atoms with E-state index in [1.807, 2.05) is 27.7 Å². The number of aliphatic carboxylic acids is 1. The molecule has 45 heavy (non-hydrogen) atoms. The summed E-state index contributed by atoms with van der Waals surface area (Å²) in [6, 6.07) is 4.96. The Bertz CT molecular complexity index is 1100. The van der Waals surface area contributed by atoms with Crippen LogP contribution in [0.5, 0.6) is 5.75 Å². The zero-order chi connectivity index (χ0) is 33.7. The zero-order valence-corrected chi connectivity index (χ0v) is 27.7. The average molecular weight is 635 g/mol. The maximum Gasteiger partial charge on any atom is 0.333 e. The monoisotopic (exact) mass is 634 g/mol. The van der Waals surface area contributed by atoms with Gasteiger partial charge in [0.15, 0.2) is 6.10 Å². The number of carboxylic acids is 1. The van der Waals surface area contributed by atoms with Crippen LogP contribution in [-0.2, 0) is 30.3 Å². The molecule has 2 unspecified atom stereocenters. The van der Waals surface area contributed by atoms with E-state index in [4.69, 9.17) is 31.5 Å². The van der Waals surface area contributed by atoms with E-state index >= 15 is 0 Å². The maximum absolute atomic E-state index is 13.6. The normalized spacial score (nSPS) is 20.1. The number of hydrogen-bond acceptors (Lipinski definition) is 10. The Morgan fingerprint density at radius 3 is 2.31 bits per heavy atom. The number of rotatable bonds is 19. The Morgan fingerprint density at radius 1 is 1.09 bits per heavy atom. The molecule has 1 fully saturated rings. The number of hydrogen-bond donors (Lipinski definition) is 3. The lowest BCUT2D eigenvalue weighted by Gasteiger charge is -2.32. The first-order valence-electron chi connectivity index (χ1n) is 15.7. The minimum absolute atomic E-state index is 0.0222. The number of aliphatic hydroxyl groups excluding tert-OH is 1. The van der Waals surface area contributed by atoms with Crippen LogP contribution >= 0.6 is 0 Å². The molecule has 0 aromatic heterocycles. The summed E-state index contributed by atoms with van der Waals surface area (Å²) in [7, 11) is 5.10. The number of amides is 1. The summed E-state index contributed by atoms with van der Waals surface area (Å²) in [4.78, 5) is 38.6. The van der Waals surface area contributed by atoms with Crippen molar-refractivity contribution in [2.45, 2.75) is 123 Å². The molecule has 3 N–H and O–H groups in total. The molecule has 0 saturated carbocycles. The van der Waals surface area contributed by atoms with Crippen molar-refractivity contribution >= 4 is 25.6 Å². The van der Waals surface area contributed by atoms with Crippen LogP contribution < -0.4 is 10.1 Å². The summed E-state index contributed by atoms with van der Waals surface area (Å²) >= 11 is 0. The molecule has 1 saturated heterocycles. The molecule has 1 heterocycles. The number of carbonyl (C=O) groups excluding carboxylic acids is 2. The highest BCUT2D eigenvalue weighted by Crippen LogP contribution is 2.28. The second-order valence-electron chi connectivity index (χ2n) is 12.5. The molecule has 0 aliphatic carbocycles. The number of aliphatic hydroxyl groups is 1. The number of ether oxygens (including phenoxy) is 5. The van der Waals surface area contributed by atoms with E-state index in [-0.39, 0.29) is 49.6 Å². The van der Waals surface area contributed by atoms with Crippen molar-refractivity contribution in [2.75, 3.05) is 26.3 Å². The quantitative estimate of drug-likeness (QED) is 0.191. The van der Waals surface area contributed by atoms with E-state index in [0.717, 1.165) is 25.9 Å². The number of carboxylic acid groups (broad SMARTS) is 1. The summed E-state index contributed by atoms with van der Waals surface area (Å²) in [5.41, 5.74) is -0.197. The number of nitrogens with one attached hydrogen (secondary N) is 1. The Kier molecular flexibility index (Phi) is 15.8. The van der Waals surface area contributed by atoms with Crippen molar-refractivity contribution in [3.05, 3.63) is 29.3 Å². The van der Waals surface area contributed by atoms with Crippen LogP contribution in [0.15, 0.2) is 18.2 Å². The molecular formula is C32H51BN2O10. The molecule has 1 aromatic carbocycles. The van der Waals surface area contributed by atoms with Gasteiger partial charge in [0.2, 0.25) is 20.0 Å². The van der Waals surface area contributed by atoms with Gasteiger partial charge < -0.3 is 44.1 Å². The fraction of sp³-hybridized carbons (Fsp3) is 0.719. The fourth-order valence-electron chi connectivity index (χ4n) is 4.87. The minimum Gasteiger partial charge on any atom is -0.479 e. The molecule has 2 radical (unpaired) electrons. The largest absolute Gasteiger partial charge is 0.479 e. The van der Waals surface area contributed by atoms with E-state index in [1.165, 1.54) is 12.1 Å². The van der Waals surface area contributed by atoms with Crippen molar-refractivity contribution in [1.82, 2.24) is 10.2 Å². The highest BCUT2D eigenvalue weighted by molar-refractivity contribution is 6.55. The second kappa shape index (κ2) is 18.4. The fourth-order valence-corrected chi connectivity index (χ4v) is 4.87. The Labute approximate surface area is 268 Å². The Balaban J connectivity index is 2.06. The molecule has 1 aliphatic heterocycles. The van der Waals surface area contributed by atoms with E-state index in [2.05, 4.69) is 31.0 Å². The van der Waals surface area contributed by atoms with Gasteiger partial charge in [0, 0.05) is 38.6 Å². The lowest BCUT2D eigenvalue weighted by Crippen LogP contribution is -2.48. The summed E-state index contributed by atoms with van der Waals surface area (Å²) in [5.74, 6) is -2.57. The lowest BCUT2D eigenvalue weighted by atomic mass is 10.0. The molecule has 0 bridgehead atoms. The van der Waals surface area contributed by atoms with Crippen LogP contribution in [0, 0.1) is 0 Å². The first kappa shape index (κ1) is 38.5. The second-order valence-corrected chi connectivity index (χ2v) is 12.5. The highest BCUT2D eigenvalue weighted by Gasteiger charge is 2.35. The maximum atomic E-state index is 13.6. The molecule has 1 aromatic rings. The summed E-state index contributed by atoms with van der Waals surface area (Å²) in [6.07, 6.45) is -1.42. The number of nitrogens with zero attached hydrogens (tertiary/aromatic N) is 1. The van der Waals surface area contributed by atoms with Crippen LogP contribution in [0.25, 0.3) is 0 Å². The van der Waals surface area contributed by atoms with Gasteiger partial charge in [0.25, 0.3) is 5.91 Å². The summed E-state index contributed by atoms with van der Waals surface area (Å²) in [6.45, 7) is 16.7. The highest BCUT2D eigenvalue weighted by atomic mass is 16.7. The van der Waals surface area contributed by atoms with Crippen molar-refractivity contribution in [1.29, 1.82) is 0 Å². The standard InChI is InChI=1S/C32H51BN2O10/c1-8-41-21(4)11-13-35(20(2)3)14-12-22(5)43-19-32(6,7)34-29(37)25-15-23(18-42-31(33)40)9-10-26(25)44-28-17-24(36)16-27(45-28)30(38)39/h9-10,15,20-22,24,27-28,36H,8,11-14,16-19H2,1-7H3,(H,34,37)(H,38,39)/t21?,22?,24-,27-,28+/m0/s1. The lowest BCUT2D eigenvalue weighted by molar-refractivity contribution is -0.195. The van der Waals surface area contributed by atoms with Gasteiger partial charge in [-0.1, -0.05) is 6.07 Å². The van der Waals surface area contributed by atoms with Crippen LogP contribution in [0.3, 0.4) is 0 Å². The van der Waals surface area contributed by atoms with Crippen LogP contribution in [0.1, 0.15) is 90.1 Å². The molecule has 12 nitrogen and oxygen atoms in total. The third-order valence-corrected chi connectivity index (χ3v) is 7.48. The van der Waals surface area contributed by atoms with Gasteiger partial charge in [0.05, 0.1) is 36.0 Å². The van der Waals surface area contributed by atoms with Crippen molar-refractivity contribution in [2.24, 2.45) is 0 Å². The number of carbonyl (C=O) groups is 3. The van der Waals surface area contributed by atoms with Gasteiger partial charge in [-0.05, 0) is 79.0 Å². The first-order chi connectivity index (χ1) is 21.1. The molecule has 2 rings (SSSR count). The predicted octanol–water partition coefficient (Wildman–Crippen LogP) is 3.65. The van der Waals surface area contributed by atoms with Gasteiger partial charge in [-0.3, -0.25) is 9.59 Å². The Morgan fingerprint density at radius 2 is 1.73 bits per heavy atom. The molecule has 0 spiro atoms. The SMILES string of the molecule is [B]C(=O)OCc1ccc(O[C@H]2C[C@@H](O)C[C@@H](C(=O)O)O2)c(C(=O)NC(C)(C)COC(C)CCN(CCC(C)OCC)C(C)C)c1. The Hall–Kier alpha value is -2.71. The van der Waals surface area contributed by atoms with Crippen molar-refractivity contribution in [3.8, 4) is 5.75 Å². The van der Waals surface area contributed by atoms with Gasteiger partial charge in [-0.25, -0.2) is 4.79 Å². The van der Waals surface area contributed by atoms with E-state index in [1.54, 1.807) is 6.07 Å². The third kappa shape index (κ3) is 14.1. The van der Waals surface area contributed by atoms with Gasteiger partial charge in [0.1, 0.15) is 12.4 Å². The zero-order valence-electron chi connectivity index (χ0n) is 27.7. The molecule has 5 atom stereocenters. The van der Waals surface area contributed by atoms with E-state index < -0.39 is 41.8 Å². The average Bonchev–Trinajstić information content (AvgIpc) is 2.94. The smallest absolute Gasteiger partial charge is 0.333 e. The predicted molar refractivity (Wildman–Crippen MR) is 169 cm³/mol. The van der Waals surface area contributed by atoms with Gasteiger partial charge in [-0.2, -0.15) is 0 Å². The topological polar surface area (TPSA) is 153 Å². The first-order valence-corrected chi connectivity index (χ1v) is 15.7. The van der Waals surface area contributed by atoms with Gasteiger partial charge >= 0.3 is 5.97 Å². The summed E-state index contributed by atoms with van der Waals surface area (Å²) in [5, 5.41) is 22.5.